The van der Waals surface area contributed by atoms with Crippen LogP contribution >= 0.6 is 11.3 Å². The van der Waals surface area contributed by atoms with Crippen LogP contribution in [0.5, 0.6) is 0 Å². The lowest BCUT2D eigenvalue weighted by Gasteiger charge is -2.28. The standard InChI is InChI=1S/C19H23N3O3S2/c1-4-10-22-16-7-6-14(5-2)13-17(16)26-19(22)20-18(23)15-8-11-21(12-9-15)27(3,24)25/h1,6-7,13,15H,5,8-12H2,2-3H3. The lowest BCUT2D eigenvalue weighted by atomic mass is 9.98. The summed E-state index contributed by atoms with van der Waals surface area (Å²) in [6.45, 7) is 3.18. The van der Waals surface area contributed by atoms with Gasteiger partial charge in [0.1, 0.15) is 0 Å². The van der Waals surface area contributed by atoms with E-state index in [9.17, 15) is 13.2 Å². The fraction of sp³-hybridized carbons (Fsp3) is 0.474. The quantitative estimate of drug-likeness (QED) is 0.731. The van der Waals surface area contributed by atoms with Crippen molar-refractivity contribution in [3.8, 4) is 12.3 Å². The lowest BCUT2D eigenvalue weighted by molar-refractivity contribution is -0.122. The second-order valence-electron chi connectivity index (χ2n) is 6.72. The molecule has 1 aromatic carbocycles. The van der Waals surface area contributed by atoms with Crippen LogP contribution in [0.4, 0.5) is 0 Å². The first kappa shape index (κ1) is 19.8. The van der Waals surface area contributed by atoms with E-state index in [1.54, 1.807) is 0 Å². The topological polar surface area (TPSA) is 71.7 Å². The maximum atomic E-state index is 12.7. The molecule has 0 N–H and O–H groups in total. The predicted octanol–water partition coefficient (Wildman–Crippen LogP) is 2.00. The molecule has 0 radical (unpaired) electrons. The number of terminal acetylenes is 1. The Labute approximate surface area is 163 Å². The fourth-order valence-corrected chi connectivity index (χ4v) is 5.26. The van der Waals surface area contributed by atoms with E-state index in [4.69, 9.17) is 6.42 Å². The molecule has 0 saturated carbocycles. The average molecular weight is 406 g/mol. The Balaban J connectivity index is 1.90. The number of hydrogen-bond donors (Lipinski definition) is 0. The number of fused-ring (bicyclic) bond motifs is 1. The maximum Gasteiger partial charge on any atom is 0.251 e. The smallest absolute Gasteiger partial charge is 0.251 e. The Bertz CT molecular complexity index is 1070. The first-order valence-corrected chi connectivity index (χ1v) is 11.6. The summed E-state index contributed by atoms with van der Waals surface area (Å²) in [6, 6.07) is 6.20. The van der Waals surface area contributed by atoms with Crippen molar-refractivity contribution in [1.82, 2.24) is 8.87 Å². The lowest BCUT2D eigenvalue weighted by Crippen LogP contribution is -2.39. The number of benzene rings is 1. The van der Waals surface area contributed by atoms with E-state index >= 15 is 0 Å². The molecule has 1 aromatic heterocycles. The minimum atomic E-state index is -3.20. The summed E-state index contributed by atoms with van der Waals surface area (Å²) >= 11 is 1.46. The summed E-state index contributed by atoms with van der Waals surface area (Å²) in [6.07, 6.45) is 8.64. The first-order chi connectivity index (χ1) is 12.8. The molecule has 8 heteroatoms. The van der Waals surface area contributed by atoms with Crippen LogP contribution in [-0.4, -0.2) is 42.5 Å². The summed E-state index contributed by atoms with van der Waals surface area (Å²) in [4.78, 5) is 17.7. The Hall–Kier alpha value is -1.95. The number of amides is 1. The molecule has 144 valence electrons. The van der Waals surface area contributed by atoms with E-state index < -0.39 is 10.0 Å². The number of aryl methyl sites for hydroxylation is 1. The molecule has 0 spiro atoms. The van der Waals surface area contributed by atoms with Crippen molar-refractivity contribution >= 4 is 37.5 Å². The number of thiazole rings is 1. The molecule has 1 amide bonds. The highest BCUT2D eigenvalue weighted by molar-refractivity contribution is 7.88. The normalized spacial score (nSPS) is 17.3. The van der Waals surface area contributed by atoms with Gasteiger partial charge in [-0.1, -0.05) is 30.2 Å². The van der Waals surface area contributed by atoms with Gasteiger partial charge < -0.3 is 4.57 Å². The van der Waals surface area contributed by atoms with E-state index in [0.29, 0.717) is 37.3 Å². The minimum Gasteiger partial charge on any atom is -0.305 e. The minimum absolute atomic E-state index is 0.198. The van der Waals surface area contributed by atoms with Crippen LogP contribution in [-0.2, 0) is 27.8 Å². The monoisotopic (exact) mass is 405 g/mol. The molecule has 0 bridgehead atoms. The van der Waals surface area contributed by atoms with Gasteiger partial charge in [0.2, 0.25) is 10.0 Å². The Morgan fingerprint density at radius 3 is 2.67 bits per heavy atom. The molecule has 27 heavy (non-hydrogen) atoms. The second-order valence-corrected chi connectivity index (χ2v) is 9.71. The van der Waals surface area contributed by atoms with Gasteiger partial charge in [0.15, 0.2) is 4.80 Å². The predicted molar refractivity (Wildman–Crippen MR) is 108 cm³/mol. The number of hydrogen-bond acceptors (Lipinski definition) is 4. The number of sulfonamides is 1. The molecular weight excluding hydrogens is 382 g/mol. The van der Waals surface area contributed by atoms with Crippen molar-refractivity contribution in [3.05, 3.63) is 28.6 Å². The summed E-state index contributed by atoms with van der Waals surface area (Å²) < 4.78 is 27.6. The van der Waals surface area contributed by atoms with Crippen molar-refractivity contribution in [1.29, 1.82) is 0 Å². The summed E-state index contributed by atoms with van der Waals surface area (Å²) in [7, 11) is -3.20. The molecule has 0 aliphatic carbocycles. The number of carbonyl (C=O) groups is 1. The van der Waals surface area contributed by atoms with Crippen LogP contribution in [0.1, 0.15) is 25.3 Å². The van der Waals surface area contributed by atoms with Crippen molar-refractivity contribution < 1.29 is 13.2 Å². The first-order valence-electron chi connectivity index (χ1n) is 8.93. The van der Waals surface area contributed by atoms with Gasteiger partial charge in [-0.2, -0.15) is 4.99 Å². The zero-order valence-electron chi connectivity index (χ0n) is 15.5. The van der Waals surface area contributed by atoms with Gasteiger partial charge in [-0.05, 0) is 37.0 Å². The largest absolute Gasteiger partial charge is 0.305 e. The highest BCUT2D eigenvalue weighted by Crippen LogP contribution is 2.22. The zero-order chi connectivity index (χ0) is 19.6. The van der Waals surface area contributed by atoms with E-state index in [-0.39, 0.29) is 11.8 Å². The van der Waals surface area contributed by atoms with Gasteiger partial charge in [0.05, 0.1) is 23.0 Å². The maximum absolute atomic E-state index is 12.7. The third kappa shape index (κ3) is 4.32. The third-order valence-electron chi connectivity index (χ3n) is 4.88. The number of piperidine rings is 1. The number of nitrogens with zero attached hydrogens (tertiary/aromatic N) is 3. The van der Waals surface area contributed by atoms with Crippen LogP contribution in [0, 0.1) is 18.3 Å². The van der Waals surface area contributed by atoms with Gasteiger partial charge in [-0.3, -0.25) is 4.79 Å². The number of carbonyl (C=O) groups excluding carboxylic acids is 1. The Kier molecular flexibility index (Phi) is 5.84. The van der Waals surface area contributed by atoms with Gasteiger partial charge in [-0.25, -0.2) is 12.7 Å². The molecule has 2 heterocycles. The SMILES string of the molecule is C#CCn1c(=NC(=O)C2CCN(S(C)(=O)=O)CC2)sc2cc(CC)ccc21. The van der Waals surface area contributed by atoms with Crippen LogP contribution < -0.4 is 4.80 Å². The van der Waals surface area contributed by atoms with Gasteiger partial charge in [-0.15, -0.1) is 6.42 Å². The molecule has 0 unspecified atom stereocenters. The molecule has 3 rings (SSSR count). The van der Waals surface area contributed by atoms with Crippen molar-refractivity contribution in [2.75, 3.05) is 19.3 Å². The van der Waals surface area contributed by atoms with Crippen LogP contribution in [0.3, 0.4) is 0 Å². The summed E-state index contributed by atoms with van der Waals surface area (Å²) in [5.74, 6) is 2.18. The molecule has 1 saturated heterocycles. The Morgan fingerprint density at radius 2 is 2.07 bits per heavy atom. The molecule has 1 aliphatic rings. The third-order valence-corrected chi connectivity index (χ3v) is 7.23. The highest BCUT2D eigenvalue weighted by Gasteiger charge is 2.28. The van der Waals surface area contributed by atoms with E-state index in [2.05, 4.69) is 30.0 Å². The molecule has 1 fully saturated rings. The van der Waals surface area contributed by atoms with Gasteiger partial charge in [0.25, 0.3) is 5.91 Å². The van der Waals surface area contributed by atoms with Crippen molar-refractivity contribution in [2.24, 2.45) is 10.9 Å². The second kappa shape index (κ2) is 7.97. The van der Waals surface area contributed by atoms with Crippen LogP contribution in [0.15, 0.2) is 23.2 Å². The van der Waals surface area contributed by atoms with E-state index in [1.807, 2.05) is 10.6 Å². The van der Waals surface area contributed by atoms with Crippen molar-refractivity contribution in [2.45, 2.75) is 32.7 Å². The molecule has 6 nitrogen and oxygen atoms in total. The Morgan fingerprint density at radius 1 is 1.37 bits per heavy atom. The fourth-order valence-electron chi connectivity index (χ4n) is 3.29. The van der Waals surface area contributed by atoms with Gasteiger partial charge in [0, 0.05) is 19.0 Å². The van der Waals surface area contributed by atoms with Crippen molar-refractivity contribution in [3.63, 3.8) is 0 Å². The summed E-state index contributed by atoms with van der Waals surface area (Å²) in [5.41, 5.74) is 2.20. The van der Waals surface area contributed by atoms with Gasteiger partial charge >= 0.3 is 0 Å². The molecule has 2 aromatic rings. The average Bonchev–Trinajstić information content (AvgIpc) is 2.97. The van der Waals surface area contributed by atoms with E-state index in [1.165, 1.54) is 27.5 Å². The molecule has 0 atom stereocenters. The van der Waals surface area contributed by atoms with Crippen LogP contribution in [0.2, 0.25) is 0 Å². The highest BCUT2D eigenvalue weighted by atomic mass is 32.2. The number of aromatic nitrogens is 1. The summed E-state index contributed by atoms with van der Waals surface area (Å²) in [5, 5.41) is 0. The zero-order valence-corrected chi connectivity index (χ0v) is 17.1. The molecular formula is C19H23N3O3S2. The number of rotatable bonds is 4. The van der Waals surface area contributed by atoms with Crippen LogP contribution in [0.25, 0.3) is 10.2 Å². The van der Waals surface area contributed by atoms with E-state index in [0.717, 1.165) is 16.6 Å². The molecule has 1 aliphatic heterocycles.